The van der Waals surface area contributed by atoms with Gasteiger partial charge in [-0.15, -0.1) is 0 Å². The van der Waals surface area contributed by atoms with E-state index in [0.717, 1.165) is 28.6 Å². The van der Waals surface area contributed by atoms with E-state index in [0.29, 0.717) is 13.0 Å². The number of carbonyl (C=O) groups excluding carboxylic acids is 1. The Morgan fingerprint density at radius 3 is 2.65 bits per heavy atom. The van der Waals surface area contributed by atoms with Crippen molar-refractivity contribution in [2.24, 2.45) is 0 Å². The molecule has 20 heavy (non-hydrogen) atoms. The Morgan fingerprint density at radius 2 is 1.95 bits per heavy atom. The van der Waals surface area contributed by atoms with Crippen LogP contribution in [0, 0.1) is 0 Å². The molecule has 0 aliphatic rings. The summed E-state index contributed by atoms with van der Waals surface area (Å²) in [6.07, 6.45) is 4.01. The van der Waals surface area contributed by atoms with Crippen LogP contribution >= 0.6 is 15.9 Å². The molecule has 0 aliphatic carbocycles. The first-order valence-corrected chi connectivity index (χ1v) is 7.44. The monoisotopic (exact) mass is 332 g/mol. The fourth-order valence-electron chi connectivity index (χ4n) is 1.89. The molecule has 0 unspecified atom stereocenters. The molecule has 0 radical (unpaired) electrons. The van der Waals surface area contributed by atoms with Crippen LogP contribution in [0.15, 0.2) is 53.1 Å². The molecule has 2 aromatic rings. The second-order valence-corrected chi connectivity index (χ2v) is 5.49. The lowest BCUT2D eigenvalue weighted by molar-refractivity contribution is -0.120. The Morgan fingerprint density at radius 1 is 1.15 bits per heavy atom. The largest absolute Gasteiger partial charge is 0.356 e. The molecular weight excluding hydrogens is 316 g/mol. The third-order valence-corrected chi connectivity index (χ3v) is 3.46. The van der Waals surface area contributed by atoms with Gasteiger partial charge in [0, 0.05) is 22.9 Å². The Kier molecular flexibility index (Phi) is 5.74. The summed E-state index contributed by atoms with van der Waals surface area (Å²) in [5, 5.41) is 2.94. The second kappa shape index (κ2) is 7.80. The fraction of sp³-hybridized carbons (Fsp3) is 0.250. The summed E-state index contributed by atoms with van der Waals surface area (Å²) in [7, 11) is 0. The lowest BCUT2D eigenvalue weighted by atomic mass is 10.1. The highest BCUT2D eigenvalue weighted by atomic mass is 79.9. The van der Waals surface area contributed by atoms with Gasteiger partial charge in [-0.2, -0.15) is 0 Å². The van der Waals surface area contributed by atoms with Crippen molar-refractivity contribution in [3.05, 3.63) is 64.4 Å². The van der Waals surface area contributed by atoms with Gasteiger partial charge >= 0.3 is 0 Å². The number of aryl methyl sites for hydroxylation is 1. The number of nitrogens with zero attached hydrogens (tertiary/aromatic N) is 1. The van der Waals surface area contributed by atoms with E-state index in [-0.39, 0.29) is 5.91 Å². The molecule has 1 heterocycles. The number of aromatic nitrogens is 1. The topological polar surface area (TPSA) is 42.0 Å². The molecule has 0 spiro atoms. The van der Waals surface area contributed by atoms with E-state index in [9.17, 15) is 4.79 Å². The highest BCUT2D eigenvalue weighted by Gasteiger charge is 2.02. The van der Waals surface area contributed by atoms with E-state index in [1.54, 1.807) is 6.20 Å². The number of benzene rings is 1. The minimum Gasteiger partial charge on any atom is -0.356 e. The molecular formula is C16H17BrN2O. The summed E-state index contributed by atoms with van der Waals surface area (Å²) in [6, 6.07) is 13.7. The van der Waals surface area contributed by atoms with Crippen molar-refractivity contribution in [2.75, 3.05) is 6.54 Å². The Labute approximate surface area is 127 Å². The predicted octanol–water partition coefficient (Wildman–Crippen LogP) is 3.14. The van der Waals surface area contributed by atoms with Gasteiger partial charge in [-0.3, -0.25) is 9.78 Å². The molecule has 0 saturated carbocycles. The van der Waals surface area contributed by atoms with Crippen molar-refractivity contribution >= 4 is 21.8 Å². The number of rotatable bonds is 6. The number of pyridine rings is 1. The van der Waals surface area contributed by atoms with E-state index in [1.807, 2.05) is 42.5 Å². The van der Waals surface area contributed by atoms with Crippen molar-refractivity contribution in [3.63, 3.8) is 0 Å². The normalized spacial score (nSPS) is 10.2. The molecule has 2 rings (SSSR count). The molecule has 104 valence electrons. The molecule has 0 atom stereocenters. The van der Waals surface area contributed by atoms with Gasteiger partial charge in [-0.05, 0) is 42.7 Å². The van der Waals surface area contributed by atoms with Gasteiger partial charge in [0.1, 0.15) is 0 Å². The van der Waals surface area contributed by atoms with Crippen LogP contribution in [0.1, 0.15) is 17.7 Å². The average Bonchev–Trinajstić information content (AvgIpc) is 2.47. The Hall–Kier alpha value is -1.68. The van der Waals surface area contributed by atoms with E-state index >= 15 is 0 Å². The highest BCUT2D eigenvalue weighted by Crippen LogP contribution is 2.10. The van der Waals surface area contributed by atoms with Crippen molar-refractivity contribution in [3.8, 4) is 0 Å². The fourth-order valence-corrected chi connectivity index (χ4v) is 2.16. The lowest BCUT2D eigenvalue weighted by Crippen LogP contribution is -2.26. The second-order valence-electron chi connectivity index (χ2n) is 4.58. The lowest BCUT2D eigenvalue weighted by Gasteiger charge is -2.05. The van der Waals surface area contributed by atoms with Gasteiger partial charge in [-0.1, -0.05) is 34.1 Å². The number of nitrogens with one attached hydrogen (secondary N) is 1. The minimum absolute atomic E-state index is 0.0633. The number of amides is 1. The summed E-state index contributed by atoms with van der Waals surface area (Å²) in [4.78, 5) is 16.0. The van der Waals surface area contributed by atoms with Crippen LogP contribution in [0.5, 0.6) is 0 Å². The number of carbonyl (C=O) groups is 1. The molecule has 0 aliphatic heterocycles. The van der Waals surface area contributed by atoms with Gasteiger partial charge in [0.2, 0.25) is 5.91 Å². The summed E-state index contributed by atoms with van der Waals surface area (Å²) < 4.78 is 1.03. The summed E-state index contributed by atoms with van der Waals surface area (Å²) >= 11 is 3.38. The summed E-state index contributed by atoms with van der Waals surface area (Å²) in [5.74, 6) is 0.0633. The van der Waals surface area contributed by atoms with Gasteiger partial charge in [0.25, 0.3) is 0 Å². The molecule has 0 fully saturated rings. The highest BCUT2D eigenvalue weighted by molar-refractivity contribution is 9.10. The smallest absolute Gasteiger partial charge is 0.224 e. The maximum absolute atomic E-state index is 11.8. The standard InChI is InChI=1S/C16H17BrN2O/c17-14-8-6-13(7-9-14)12-16(20)19-11-3-5-15-4-1-2-10-18-15/h1-2,4,6-10H,3,5,11-12H2,(H,19,20). The number of halogens is 1. The van der Waals surface area contributed by atoms with Crippen molar-refractivity contribution < 1.29 is 4.79 Å². The Balaban J connectivity index is 1.66. The zero-order valence-electron chi connectivity index (χ0n) is 11.2. The van der Waals surface area contributed by atoms with Crippen molar-refractivity contribution in [1.29, 1.82) is 0 Å². The molecule has 1 amide bonds. The zero-order chi connectivity index (χ0) is 14.2. The van der Waals surface area contributed by atoms with Crippen LogP contribution in [0.4, 0.5) is 0 Å². The van der Waals surface area contributed by atoms with Gasteiger partial charge in [-0.25, -0.2) is 0 Å². The average molecular weight is 333 g/mol. The molecule has 4 heteroatoms. The van der Waals surface area contributed by atoms with Crippen LogP contribution in [0.2, 0.25) is 0 Å². The molecule has 1 aromatic carbocycles. The Bertz CT molecular complexity index is 540. The first kappa shape index (κ1) is 14.7. The minimum atomic E-state index is 0.0633. The molecule has 0 bridgehead atoms. The molecule has 1 aromatic heterocycles. The quantitative estimate of drug-likeness (QED) is 0.825. The van der Waals surface area contributed by atoms with Crippen LogP contribution in [-0.4, -0.2) is 17.4 Å². The van der Waals surface area contributed by atoms with E-state index in [4.69, 9.17) is 0 Å². The van der Waals surface area contributed by atoms with E-state index in [2.05, 4.69) is 26.2 Å². The van der Waals surface area contributed by atoms with E-state index in [1.165, 1.54) is 0 Å². The summed E-state index contributed by atoms with van der Waals surface area (Å²) in [6.45, 7) is 0.686. The zero-order valence-corrected chi connectivity index (χ0v) is 12.8. The van der Waals surface area contributed by atoms with Crippen molar-refractivity contribution in [1.82, 2.24) is 10.3 Å². The van der Waals surface area contributed by atoms with Crippen LogP contribution in [-0.2, 0) is 17.6 Å². The summed E-state index contributed by atoms with van der Waals surface area (Å²) in [5.41, 5.74) is 2.09. The molecule has 0 saturated heterocycles. The molecule has 3 nitrogen and oxygen atoms in total. The molecule has 1 N–H and O–H groups in total. The third-order valence-electron chi connectivity index (χ3n) is 2.94. The SMILES string of the molecule is O=C(Cc1ccc(Br)cc1)NCCCc1ccccn1. The van der Waals surface area contributed by atoms with Gasteiger partial charge in [0.05, 0.1) is 6.42 Å². The maximum atomic E-state index is 11.8. The number of hydrogen-bond donors (Lipinski definition) is 1. The maximum Gasteiger partial charge on any atom is 0.224 e. The van der Waals surface area contributed by atoms with Gasteiger partial charge in [0.15, 0.2) is 0 Å². The van der Waals surface area contributed by atoms with E-state index < -0.39 is 0 Å². The predicted molar refractivity (Wildman–Crippen MR) is 83.4 cm³/mol. The first-order valence-electron chi connectivity index (χ1n) is 6.65. The van der Waals surface area contributed by atoms with Gasteiger partial charge < -0.3 is 5.32 Å². The van der Waals surface area contributed by atoms with Crippen LogP contribution in [0.25, 0.3) is 0 Å². The third kappa shape index (κ3) is 5.13. The first-order chi connectivity index (χ1) is 9.74. The van der Waals surface area contributed by atoms with Crippen molar-refractivity contribution in [2.45, 2.75) is 19.3 Å². The number of hydrogen-bond acceptors (Lipinski definition) is 2. The van der Waals surface area contributed by atoms with Crippen LogP contribution < -0.4 is 5.32 Å². The van der Waals surface area contributed by atoms with Crippen LogP contribution in [0.3, 0.4) is 0 Å².